The second kappa shape index (κ2) is 8.96. The molecule has 0 bridgehead atoms. The summed E-state index contributed by atoms with van der Waals surface area (Å²) < 4.78 is 14.3. The Balaban J connectivity index is 1.84. The van der Waals surface area contributed by atoms with E-state index in [9.17, 15) is 0 Å². The number of methoxy groups -OCH3 is 1. The van der Waals surface area contributed by atoms with Gasteiger partial charge in [-0.25, -0.2) is 0 Å². The summed E-state index contributed by atoms with van der Waals surface area (Å²) >= 11 is 8.77. The Labute approximate surface area is 171 Å². The van der Waals surface area contributed by atoms with Crippen molar-refractivity contribution in [3.8, 4) is 11.5 Å². The highest BCUT2D eigenvalue weighted by molar-refractivity contribution is 9.10. The van der Waals surface area contributed by atoms with Crippen LogP contribution in [0.25, 0.3) is 0 Å². The zero-order valence-electron chi connectivity index (χ0n) is 15.0. The topological polar surface area (TPSA) is 64.4 Å². The molecule has 2 aromatic carbocycles. The largest absolute Gasteiger partial charge is 0.493 e. The number of aromatic amines is 1. The molecule has 1 heterocycles. The number of aryl methyl sites for hydroxylation is 1. The van der Waals surface area contributed by atoms with Crippen LogP contribution in [0, 0.1) is 4.77 Å². The Hall–Kier alpha value is -2.45. The predicted molar refractivity (Wildman–Crippen MR) is 111 cm³/mol. The minimum absolute atomic E-state index is 0.452. The summed E-state index contributed by atoms with van der Waals surface area (Å²) in [6, 6.07) is 13.8. The number of aromatic nitrogens is 3. The minimum Gasteiger partial charge on any atom is -0.493 e. The van der Waals surface area contributed by atoms with Gasteiger partial charge in [0, 0.05) is 6.42 Å². The quantitative estimate of drug-likeness (QED) is 0.420. The Morgan fingerprint density at radius 2 is 2.07 bits per heavy atom. The lowest BCUT2D eigenvalue weighted by molar-refractivity contribution is 0.282. The van der Waals surface area contributed by atoms with Gasteiger partial charge in [-0.1, -0.05) is 37.3 Å². The molecule has 1 N–H and O–H groups in total. The summed E-state index contributed by atoms with van der Waals surface area (Å²) in [5.41, 5.74) is 1.93. The smallest absolute Gasteiger partial charge is 0.216 e. The fraction of sp³-hybridized carbons (Fsp3) is 0.211. The summed E-state index contributed by atoms with van der Waals surface area (Å²) in [5.74, 6) is 2.03. The molecule has 3 rings (SSSR count). The van der Waals surface area contributed by atoms with Gasteiger partial charge in [0.15, 0.2) is 17.3 Å². The lowest BCUT2D eigenvalue weighted by Gasteiger charge is -2.13. The first kappa shape index (κ1) is 19.3. The molecular formula is C19H19BrN4O2S. The van der Waals surface area contributed by atoms with E-state index in [0.29, 0.717) is 22.9 Å². The van der Waals surface area contributed by atoms with Crippen molar-refractivity contribution >= 4 is 34.4 Å². The number of halogens is 1. The van der Waals surface area contributed by atoms with E-state index in [1.807, 2.05) is 49.4 Å². The first-order valence-electron chi connectivity index (χ1n) is 8.37. The second-order valence-electron chi connectivity index (χ2n) is 5.66. The maximum atomic E-state index is 5.95. The van der Waals surface area contributed by atoms with Gasteiger partial charge in [-0.15, -0.1) is 0 Å². The minimum atomic E-state index is 0.452. The van der Waals surface area contributed by atoms with E-state index in [1.54, 1.807) is 18.0 Å². The number of benzene rings is 2. The van der Waals surface area contributed by atoms with E-state index in [1.165, 1.54) is 0 Å². The fourth-order valence-electron chi connectivity index (χ4n) is 2.48. The van der Waals surface area contributed by atoms with Crippen LogP contribution in [0.3, 0.4) is 0 Å². The number of hydrogen-bond acceptors (Lipinski definition) is 5. The van der Waals surface area contributed by atoms with Crippen molar-refractivity contribution in [3.05, 3.63) is 68.7 Å². The van der Waals surface area contributed by atoms with Gasteiger partial charge in [0.1, 0.15) is 6.61 Å². The number of rotatable bonds is 7. The van der Waals surface area contributed by atoms with Crippen LogP contribution < -0.4 is 9.47 Å². The molecule has 6 nitrogen and oxygen atoms in total. The van der Waals surface area contributed by atoms with Gasteiger partial charge in [-0.05, 0) is 51.4 Å². The van der Waals surface area contributed by atoms with E-state index in [2.05, 4.69) is 31.2 Å². The second-order valence-corrected chi connectivity index (χ2v) is 6.90. The lowest BCUT2D eigenvalue weighted by Crippen LogP contribution is -2.00. The molecule has 1 aromatic heterocycles. The van der Waals surface area contributed by atoms with Crippen molar-refractivity contribution in [2.75, 3.05) is 7.11 Å². The van der Waals surface area contributed by atoms with Crippen molar-refractivity contribution in [3.63, 3.8) is 0 Å². The molecule has 0 aliphatic carbocycles. The highest BCUT2D eigenvalue weighted by Crippen LogP contribution is 2.36. The summed E-state index contributed by atoms with van der Waals surface area (Å²) in [4.78, 5) is 0. The standard InChI is InChI=1S/C19H19BrN4O2S/c1-3-17-22-23-19(27)24(17)21-11-14-9-15(20)18(16(10-14)25-2)26-12-13-7-5-4-6-8-13/h4-11H,3,12H2,1-2H3,(H,23,27)/b21-11+. The molecule has 0 aliphatic rings. The molecule has 0 saturated carbocycles. The first-order chi connectivity index (χ1) is 13.1. The molecule has 0 spiro atoms. The lowest BCUT2D eigenvalue weighted by atomic mass is 10.2. The monoisotopic (exact) mass is 446 g/mol. The van der Waals surface area contributed by atoms with E-state index >= 15 is 0 Å². The van der Waals surface area contributed by atoms with Crippen molar-refractivity contribution in [2.45, 2.75) is 20.0 Å². The third kappa shape index (κ3) is 4.64. The van der Waals surface area contributed by atoms with Crippen molar-refractivity contribution in [1.82, 2.24) is 14.9 Å². The van der Waals surface area contributed by atoms with Gasteiger partial charge >= 0.3 is 0 Å². The Kier molecular flexibility index (Phi) is 6.41. The summed E-state index contributed by atoms with van der Waals surface area (Å²) in [7, 11) is 1.61. The molecule has 0 radical (unpaired) electrons. The van der Waals surface area contributed by atoms with Gasteiger partial charge in [-0.2, -0.15) is 14.9 Å². The number of ether oxygens (including phenoxy) is 2. The summed E-state index contributed by atoms with van der Waals surface area (Å²) in [6.45, 7) is 2.45. The average molecular weight is 447 g/mol. The third-order valence-electron chi connectivity index (χ3n) is 3.83. The van der Waals surface area contributed by atoms with Crippen LogP contribution in [-0.2, 0) is 13.0 Å². The van der Waals surface area contributed by atoms with E-state index in [4.69, 9.17) is 21.7 Å². The maximum Gasteiger partial charge on any atom is 0.216 e. The Morgan fingerprint density at radius 1 is 1.30 bits per heavy atom. The predicted octanol–water partition coefficient (Wildman–Crippen LogP) is 4.74. The number of H-pyrrole nitrogens is 1. The van der Waals surface area contributed by atoms with Crippen LogP contribution in [0.1, 0.15) is 23.9 Å². The molecule has 0 amide bonds. The maximum absolute atomic E-state index is 5.95. The van der Waals surface area contributed by atoms with E-state index in [-0.39, 0.29) is 0 Å². The van der Waals surface area contributed by atoms with Crippen molar-refractivity contribution in [2.24, 2.45) is 5.10 Å². The number of nitrogens with zero attached hydrogens (tertiary/aromatic N) is 3. The molecule has 0 fully saturated rings. The molecule has 27 heavy (non-hydrogen) atoms. The van der Waals surface area contributed by atoms with Gasteiger partial charge in [0.25, 0.3) is 0 Å². The van der Waals surface area contributed by atoms with Crippen LogP contribution in [0.2, 0.25) is 0 Å². The average Bonchev–Trinajstić information content (AvgIpc) is 3.05. The number of nitrogens with one attached hydrogen (secondary N) is 1. The van der Waals surface area contributed by atoms with Crippen LogP contribution in [-0.4, -0.2) is 28.2 Å². The van der Waals surface area contributed by atoms with Crippen molar-refractivity contribution in [1.29, 1.82) is 0 Å². The molecule has 0 aliphatic heterocycles. The van der Waals surface area contributed by atoms with E-state index in [0.717, 1.165) is 27.8 Å². The number of hydrogen-bond donors (Lipinski definition) is 1. The molecular weight excluding hydrogens is 428 g/mol. The molecule has 140 valence electrons. The summed E-state index contributed by atoms with van der Waals surface area (Å²) in [5, 5.41) is 11.3. The Morgan fingerprint density at radius 3 is 2.78 bits per heavy atom. The highest BCUT2D eigenvalue weighted by Gasteiger charge is 2.12. The fourth-order valence-corrected chi connectivity index (χ4v) is 3.25. The van der Waals surface area contributed by atoms with Gasteiger partial charge in [0.05, 0.1) is 17.8 Å². The van der Waals surface area contributed by atoms with Crippen LogP contribution in [0.4, 0.5) is 0 Å². The zero-order chi connectivity index (χ0) is 19.2. The molecule has 8 heteroatoms. The molecule has 0 unspecified atom stereocenters. The molecule has 0 atom stereocenters. The van der Waals surface area contributed by atoms with Gasteiger partial charge in [-0.3, -0.25) is 5.10 Å². The van der Waals surface area contributed by atoms with Gasteiger partial charge < -0.3 is 9.47 Å². The van der Waals surface area contributed by atoms with E-state index < -0.39 is 0 Å². The Bertz CT molecular complexity index is 999. The van der Waals surface area contributed by atoms with Crippen molar-refractivity contribution < 1.29 is 9.47 Å². The molecule has 0 saturated heterocycles. The van der Waals surface area contributed by atoms with Crippen LogP contribution >= 0.6 is 28.1 Å². The van der Waals surface area contributed by atoms with Crippen LogP contribution in [0.15, 0.2) is 52.0 Å². The van der Waals surface area contributed by atoms with Gasteiger partial charge in [0.2, 0.25) is 4.77 Å². The summed E-state index contributed by atoms with van der Waals surface area (Å²) in [6.07, 6.45) is 2.43. The SMILES string of the molecule is CCc1n[nH]c(=S)n1/N=C/c1cc(Br)c(OCc2ccccc2)c(OC)c1. The zero-order valence-corrected chi connectivity index (χ0v) is 17.4. The normalized spacial score (nSPS) is 11.1. The first-order valence-corrected chi connectivity index (χ1v) is 9.57. The third-order valence-corrected chi connectivity index (χ3v) is 4.69. The van der Waals surface area contributed by atoms with Crippen LogP contribution in [0.5, 0.6) is 11.5 Å². The molecule has 3 aromatic rings. The highest BCUT2D eigenvalue weighted by atomic mass is 79.9.